The Bertz CT molecular complexity index is 988. The molecule has 0 atom stereocenters. The van der Waals surface area contributed by atoms with Crippen molar-refractivity contribution >= 4 is 3.21 Å². The molecular weight excluding hydrogens is 534 g/mol. The Kier molecular flexibility index (Phi) is 13.4. The Balaban J connectivity index is 0.000000258. The molecule has 2 aliphatic rings. The van der Waals surface area contributed by atoms with Gasteiger partial charge in [0.2, 0.25) is 0 Å². The molecule has 5 rings (SSSR count). The van der Waals surface area contributed by atoms with E-state index in [1.54, 1.807) is 27.4 Å². The van der Waals surface area contributed by atoms with E-state index < -0.39 is 0 Å². The van der Waals surface area contributed by atoms with Crippen LogP contribution in [0.15, 0.2) is 54.6 Å². The Labute approximate surface area is 235 Å². The number of hydrogen-bond acceptors (Lipinski definition) is 0. The molecular formula is C31H38Cl2Zr-2. The largest absolute Gasteiger partial charge is 0.179 e. The van der Waals surface area contributed by atoms with E-state index >= 15 is 0 Å². The number of hydrogen-bond donors (Lipinski definition) is 0. The predicted molar refractivity (Wildman–Crippen MR) is 136 cm³/mol. The summed E-state index contributed by atoms with van der Waals surface area (Å²) < 4.78 is 1.80. The second kappa shape index (κ2) is 14.6. The molecule has 0 N–H and O–H groups in total. The van der Waals surface area contributed by atoms with E-state index in [1.807, 2.05) is 6.07 Å². The molecule has 0 spiro atoms. The van der Waals surface area contributed by atoms with Crippen molar-refractivity contribution in [1.82, 2.24) is 0 Å². The molecule has 0 saturated heterocycles. The van der Waals surface area contributed by atoms with Gasteiger partial charge in [0.25, 0.3) is 0 Å². The zero-order valence-electron chi connectivity index (χ0n) is 21.4. The van der Waals surface area contributed by atoms with Gasteiger partial charge in [-0.25, -0.2) is 6.07 Å². The maximum Gasteiger partial charge on any atom is -0.0253 e. The Hall–Kier alpha value is -0.877. The maximum absolute atomic E-state index is 3.30. The molecule has 0 aliphatic heterocycles. The van der Waals surface area contributed by atoms with Crippen LogP contribution >= 0.6 is 0 Å². The molecule has 1 fully saturated rings. The topological polar surface area (TPSA) is 0 Å². The molecule has 0 aromatic heterocycles. The van der Waals surface area contributed by atoms with Gasteiger partial charge < -0.3 is 24.8 Å². The van der Waals surface area contributed by atoms with E-state index in [9.17, 15) is 0 Å². The smallest absolute Gasteiger partial charge is 0.0253 e. The number of fused-ring (bicyclic) bond motifs is 3. The van der Waals surface area contributed by atoms with E-state index in [0.29, 0.717) is 5.41 Å². The first-order chi connectivity index (χ1) is 15.3. The standard InChI is InChI=1S/C13H9.C12H19.C6H10.2ClH.Zr/c1-3-7-12-10(5-1)9-11-6-2-4-8-13(11)12;1-6-10-7-9(2)8-11(10)12(3,4)5;1-2-4-6-5-3-1;;;/h1-5,7-8H,9H2;7-8H,6H2,1-5H3;1-5H2;2*1H;/q2*-1;;;;+2/p-2. The van der Waals surface area contributed by atoms with Crippen molar-refractivity contribution in [2.24, 2.45) is 0 Å². The zero-order chi connectivity index (χ0) is 23.1. The van der Waals surface area contributed by atoms with Crippen molar-refractivity contribution in [3.63, 3.8) is 0 Å². The van der Waals surface area contributed by atoms with E-state index in [2.05, 4.69) is 89.2 Å². The fraction of sp³-hybridized carbons (Fsp3) is 0.419. The minimum absolute atomic E-state index is 0. The first kappa shape index (κ1) is 31.2. The van der Waals surface area contributed by atoms with Crippen LogP contribution in [0, 0.1) is 13.0 Å². The molecule has 0 nitrogen and oxygen atoms in total. The first-order valence-corrected chi connectivity index (χ1v) is 13.4. The second-order valence-electron chi connectivity index (χ2n) is 10.1. The molecule has 34 heavy (non-hydrogen) atoms. The average Bonchev–Trinajstić information content (AvgIpc) is 3.35. The van der Waals surface area contributed by atoms with Gasteiger partial charge in [-0.2, -0.15) is 52.6 Å². The Morgan fingerprint density at radius 1 is 0.941 bits per heavy atom. The molecule has 3 heteroatoms. The van der Waals surface area contributed by atoms with Crippen LogP contribution in [0.4, 0.5) is 0 Å². The molecule has 3 aromatic carbocycles. The van der Waals surface area contributed by atoms with Crippen LogP contribution in [0.5, 0.6) is 0 Å². The first-order valence-electron chi connectivity index (χ1n) is 12.2. The Morgan fingerprint density at radius 2 is 1.59 bits per heavy atom. The van der Waals surface area contributed by atoms with E-state index in [4.69, 9.17) is 0 Å². The summed E-state index contributed by atoms with van der Waals surface area (Å²) in [7, 11) is 0. The van der Waals surface area contributed by atoms with Crippen molar-refractivity contribution in [1.29, 1.82) is 0 Å². The van der Waals surface area contributed by atoms with Crippen molar-refractivity contribution in [3.8, 4) is 11.1 Å². The van der Waals surface area contributed by atoms with Crippen LogP contribution in [-0.2, 0) is 42.5 Å². The summed E-state index contributed by atoms with van der Waals surface area (Å²) in [6, 6.07) is 22.7. The minimum atomic E-state index is 0. The number of aryl methyl sites for hydroxylation is 2. The Morgan fingerprint density at radius 3 is 2.15 bits per heavy atom. The maximum atomic E-state index is 3.30. The fourth-order valence-electron chi connectivity index (χ4n) is 4.68. The third-order valence-corrected chi connectivity index (χ3v) is 7.61. The van der Waals surface area contributed by atoms with Crippen molar-refractivity contribution in [2.75, 3.05) is 0 Å². The zero-order valence-corrected chi connectivity index (χ0v) is 25.4. The van der Waals surface area contributed by atoms with E-state index in [1.165, 1.54) is 71.0 Å². The molecule has 0 radical (unpaired) electrons. The van der Waals surface area contributed by atoms with Gasteiger partial charge in [-0.1, -0.05) is 81.8 Å². The van der Waals surface area contributed by atoms with Crippen LogP contribution in [0.3, 0.4) is 0 Å². The summed E-state index contributed by atoms with van der Waals surface area (Å²) in [6.45, 7) is 11.2. The van der Waals surface area contributed by atoms with Gasteiger partial charge in [0.05, 0.1) is 0 Å². The van der Waals surface area contributed by atoms with Crippen molar-refractivity contribution < 1.29 is 49.0 Å². The number of halogens is 2. The van der Waals surface area contributed by atoms with E-state index in [0.717, 1.165) is 12.8 Å². The molecule has 0 bridgehead atoms. The molecule has 3 aromatic rings. The molecule has 0 heterocycles. The van der Waals surface area contributed by atoms with Crippen LogP contribution in [0.25, 0.3) is 11.1 Å². The van der Waals surface area contributed by atoms with Gasteiger partial charge in [0.15, 0.2) is 0 Å². The summed E-state index contributed by atoms with van der Waals surface area (Å²) >= 11 is 1.69. The monoisotopic (exact) mass is 570 g/mol. The van der Waals surface area contributed by atoms with Gasteiger partial charge >= 0.3 is 59.5 Å². The summed E-state index contributed by atoms with van der Waals surface area (Å²) in [5.74, 6) is 0. The molecule has 2 aliphatic carbocycles. The normalized spacial score (nSPS) is 13.7. The van der Waals surface area contributed by atoms with Gasteiger partial charge in [0.1, 0.15) is 0 Å². The third-order valence-electron chi connectivity index (χ3n) is 6.38. The van der Waals surface area contributed by atoms with Crippen molar-refractivity contribution in [2.45, 2.75) is 85.0 Å². The van der Waals surface area contributed by atoms with Crippen LogP contribution in [-0.4, -0.2) is 3.21 Å². The number of benzene rings is 2. The van der Waals surface area contributed by atoms with E-state index in [-0.39, 0.29) is 24.8 Å². The van der Waals surface area contributed by atoms with Crippen LogP contribution < -0.4 is 24.8 Å². The summed E-state index contributed by atoms with van der Waals surface area (Å²) in [5, 5.41) is 0. The van der Waals surface area contributed by atoms with Crippen molar-refractivity contribution in [3.05, 3.63) is 88.5 Å². The summed E-state index contributed by atoms with van der Waals surface area (Å²) in [4.78, 5) is 0. The second-order valence-corrected chi connectivity index (χ2v) is 11.9. The third kappa shape index (κ3) is 8.65. The summed E-state index contributed by atoms with van der Waals surface area (Å²) in [5.41, 5.74) is 10.2. The van der Waals surface area contributed by atoms with Crippen LogP contribution in [0.1, 0.15) is 87.6 Å². The fourth-order valence-corrected chi connectivity index (χ4v) is 5.55. The van der Waals surface area contributed by atoms with Gasteiger partial charge in [0, 0.05) is 0 Å². The van der Waals surface area contributed by atoms with Gasteiger partial charge in [-0.3, -0.25) is 0 Å². The average molecular weight is 573 g/mol. The molecule has 0 unspecified atom stereocenters. The summed E-state index contributed by atoms with van der Waals surface area (Å²) in [6.07, 6.45) is 9.52. The number of rotatable bonds is 1. The molecule has 1 saturated carbocycles. The molecule has 182 valence electrons. The minimum Gasteiger partial charge on any atom is -0.179 e. The SMILES string of the molecule is CCc1[cH-]c(C)cc1C(C)(C)C.[Cl-].[Cl-].[Zr+2]=[C]1CCCCC1.[c-]1cccc2c1Cc1ccccc1-2. The molecule has 0 amide bonds. The predicted octanol–water partition coefficient (Wildman–Crippen LogP) is 2.31. The quantitative estimate of drug-likeness (QED) is 0.307. The van der Waals surface area contributed by atoms with Gasteiger partial charge in [-0.15, -0.1) is 5.56 Å². The van der Waals surface area contributed by atoms with Crippen LogP contribution in [0.2, 0.25) is 0 Å². The van der Waals surface area contributed by atoms with Gasteiger partial charge in [-0.05, 0) is 6.42 Å².